The van der Waals surface area contributed by atoms with Crippen LogP contribution in [0.25, 0.3) is 0 Å². The lowest BCUT2D eigenvalue weighted by atomic mass is 9.72. The van der Waals surface area contributed by atoms with Crippen LogP contribution >= 0.6 is 11.6 Å². The molecule has 29 heavy (non-hydrogen) atoms. The summed E-state index contributed by atoms with van der Waals surface area (Å²) >= 11 is 6.24. The van der Waals surface area contributed by atoms with Crippen LogP contribution in [0.4, 0.5) is 10.6 Å². The maximum Gasteiger partial charge on any atom is 0.410 e. The van der Waals surface area contributed by atoms with Crippen LogP contribution in [0.5, 0.6) is 0 Å². The van der Waals surface area contributed by atoms with Crippen LogP contribution in [0.3, 0.4) is 0 Å². The fraction of sp³-hybridized carbons (Fsp3) is 0.619. The fourth-order valence-corrected chi connectivity index (χ4v) is 4.37. The lowest BCUT2D eigenvalue weighted by Gasteiger charge is -2.53. The lowest BCUT2D eigenvalue weighted by Crippen LogP contribution is -2.62. The number of ether oxygens (including phenoxy) is 1. The number of amides is 1. The maximum atomic E-state index is 12.2. The quantitative estimate of drug-likeness (QED) is 0.680. The summed E-state index contributed by atoms with van der Waals surface area (Å²) in [6.45, 7) is 10.4. The van der Waals surface area contributed by atoms with E-state index < -0.39 is 5.60 Å². The highest BCUT2D eigenvalue weighted by atomic mass is 35.5. The van der Waals surface area contributed by atoms with Gasteiger partial charge >= 0.3 is 6.09 Å². The number of halogens is 1. The van der Waals surface area contributed by atoms with Gasteiger partial charge in [0.2, 0.25) is 0 Å². The highest BCUT2D eigenvalue weighted by Crippen LogP contribution is 2.42. The van der Waals surface area contributed by atoms with Crippen LogP contribution in [0.15, 0.2) is 0 Å². The van der Waals surface area contributed by atoms with Gasteiger partial charge in [-0.2, -0.15) is 10.5 Å². The molecule has 1 aromatic heterocycles. The molecule has 8 heteroatoms. The van der Waals surface area contributed by atoms with Crippen molar-refractivity contribution in [2.75, 3.05) is 31.1 Å². The van der Waals surface area contributed by atoms with Gasteiger partial charge in [-0.15, -0.1) is 0 Å². The molecule has 3 rings (SSSR count). The van der Waals surface area contributed by atoms with Crippen molar-refractivity contribution in [2.45, 2.75) is 52.6 Å². The summed E-state index contributed by atoms with van der Waals surface area (Å²) in [6, 6.07) is 4.29. The van der Waals surface area contributed by atoms with Crippen LogP contribution < -0.4 is 4.90 Å². The molecule has 1 aromatic rings. The molecule has 0 atom stereocenters. The second-order valence-electron chi connectivity index (χ2n) is 8.86. The molecular weight excluding hydrogens is 390 g/mol. The van der Waals surface area contributed by atoms with E-state index in [1.54, 1.807) is 4.90 Å². The Morgan fingerprint density at radius 2 is 1.79 bits per heavy atom. The number of hydrogen-bond acceptors (Lipinski definition) is 6. The number of likely N-dealkylation sites (tertiary alicyclic amines) is 1. The zero-order chi connectivity index (χ0) is 21.4. The molecule has 0 bridgehead atoms. The molecule has 0 aliphatic carbocycles. The summed E-state index contributed by atoms with van der Waals surface area (Å²) in [5.74, 6) is 0.562. The third kappa shape index (κ3) is 4.11. The van der Waals surface area contributed by atoms with Gasteiger partial charge < -0.3 is 14.5 Å². The molecule has 2 aliphatic rings. The molecule has 3 heterocycles. The lowest BCUT2D eigenvalue weighted by molar-refractivity contribution is -0.0434. The first-order valence-electron chi connectivity index (χ1n) is 9.88. The summed E-state index contributed by atoms with van der Waals surface area (Å²) in [5, 5.41) is 19.2. The number of anilines is 1. The Bertz CT molecular complexity index is 894. The average molecular weight is 416 g/mol. The van der Waals surface area contributed by atoms with Gasteiger partial charge in [-0.05, 0) is 45.6 Å². The number of piperidine rings is 1. The highest BCUT2D eigenvalue weighted by molar-refractivity contribution is 6.30. The number of carbonyl (C=O) groups is 1. The van der Waals surface area contributed by atoms with Crippen LogP contribution in [-0.2, 0) is 11.2 Å². The molecule has 2 saturated heterocycles. The van der Waals surface area contributed by atoms with E-state index in [9.17, 15) is 15.3 Å². The first-order chi connectivity index (χ1) is 13.6. The second kappa shape index (κ2) is 7.72. The molecule has 7 nitrogen and oxygen atoms in total. The average Bonchev–Trinajstić information content (AvgIpc) is 2.63. The first-order valence-corrected chi connectivity index (χ1v) is 10.3. The van der Waals surface area contributed by atoms with Crippen molar-refractivity contribution >= 4 is 23.5 Å². The Balaban J connectivity index is 1.70. The van der Waals surface area contributed by atoms with Crippen LogP contribution in [0.1, 0.15) is 57.2 Å². The van der Waals surface area contributed by atoms with Crippen molar-refractivity contribution < 1.29 is 9.53 Å². The highest BCUT2D eigenvalue weighted by Gasteiger charge is 2.48. The topological polar surface area (TPSA) is 93.2 Å². The number of rotatable bonds is 2. The Hall–Kier alpha value is -2.51. The van der Waals surface area contributed by atoms with E-state index in [4.69, 9.17) is 16.3 Å². The van der Waals surface area contributed by atoms with E-state index in [0.29, 0.717) is 36.5 Å². The minimum Gasteiger partial charge on any atom is -0.444 e. The largest absolute Gasteiger partial charge is 0.444 e. The van der Waals surface area contributed by atoms with Crippen molar-refractivity contribution in [1.82, 2.24) is 9.88 Å². The molecular formula is C21H26ClN5O2. The molecule has 0 radical (unpaired) electrons. The van der Waals surface area contributed by atoms with Gasteiger partial charge in [0.15, 0.2) is 0 Å². The maximum absolute atomic E-state index is 12.2. The Morgan fingerprint density at radius 1 is 1.21 bits per heavy atom. The minimum absolute atomic E-state index is 0.101. The zero-order valence-electron chi connectivity index (χ0n) is 17.4. The van der Waals surface area contributed by atoms with Crippen molar-refractivity contribution in [1.29, 1.82) is 10.5 Å². The van der Waals surface area contributed by atoms with E-state index in [-0.39, 0.29) is 22.2 Å². The standard InChI is InChI=1S/C21H26ClN5O2/c1-5-14-15(10-23)17(22)25-18(16(14)11-24)26-8-6-21(7-9-26)12-27(13-21)19(28)29-20(2,3)4/h5-9,12-13H2,1-4H3. The smallest absolute Gasteiger partial charge is 0.410 e. The molecule has 2 fully saturated rings. The monoisotopic (exact) mass is 415 g/mol. The van der Waals surface area contributed by atoms with E-state index >= 15 is 0 Å². The van der Waals surface area contributed by atoms with Gasteiger partial charge in [-0.3, -0.25) is 0 Å². The molecule has 0 aromatic carbocycles. The van der Waals surface area contributed by atoms with E-state index in [2.05, 4.69) is 22.0 Å². The Morgan fingerprint density at radius 3 is 2.28 bits per heavy atom. The SMILES string of the molecule is CCc1c(C#N)c(Cl)nc(N2CCC3(CC2)CN(C(=O)OC(C)(C)C)C3)c1C#N. The number of nitriles is 2. The molecule has 0 unspecified atom stereocenters. The molecule has 0 saturated carbocycles. The van der Waals surface area contributed by atoms with Crippen molar-refractivity contribution in [3.63, 3.8) is 0 Å². The summed E-state index contributed by atoms with van der Waals surface area (Å²) in [6.07, 6.45) is 2.09. The predicted octanol–water partition coefficient (Wildman–Crippen LogP) is 3.88. The summed E-state index contributed by atoms with van der Waals surface area (Å²) < 4.78 is 5.45. The molecule has 154 valence electrons. The number of pyridine rings is 1. The van der Waals surface area contributed by atoms with Gasteiger partial charge in [0.25, 0.3) is 0 Å². The zero-order valence-corrected chi connectivity index (χ0v) is 18.1. The van der Waals surface area contributed by atoms with Gasteiger partial charge in [-0.1, -0.05) is 18.5 Å². The van der Waals surface area contributed by atoms with Crippen molar-refractivity contribution in [3.05, 3.63) is 21.8 Å². The van der Waals surface area contributed by atoms with E-state index in [1.807, 2.05) is 27.7 Å². The summed E-state index contributed by atoms with van der Waals surface area (Å²) in [7, 11) is 0. The normalized spacial score (nSPS) is 18.0. The molecule has 0 N–H and O–H groups in total. The number of aromatic nitrogens is 1. The summed E-state index contributed by atoms with van der Waals surface area (Å²) in [4.78, 5) is 20.4. The van der Waals surface area contributed by atoms with E-state index in [1.165, 1.54) is 0 Å². The fourth-order valence-electron chi connectivity index (χ4n) is 4.13. The van der Waals surface area contributed by atoms with Crippen molar-refractivity contribution in [3.8, 4) is 12.1 Å². The Kier molecular flexibility index (Phi) is 5.65. The molecule has 1 amide bonds. The molecule has 1 spiro atoms. The first kappa shape index (κ1) is 21.2. The second-order valence-corrected chi connectivity index (χ2v) is 9.21. The van der Waals surface area contributed by atoms with Gasteiger partial charge in [0.05, 0.1) is 11.1 Å². The number of carbonyl (C=O) groups excluding carboxylic acids is 1. The Labute approximate surface area is 176 Å². The van der Waals surface area contributed by atoms with Crippen LogP contribution in [-0.4, -0.2) is 47.8 Å². The predicted molar refractivity (Wildman–Crippen MR) is 110 cm³/mol. The van der Waals surface area contributed by atoms with Crippen LogP contribution in [0, 0.1) is 28.1 Å². The third-order valence-corrected chi connectivity index (χ3v) is 5.92. The molecule has 2 aliphatic heterocycles. The summed E-state index contributed by atoms with van der Waals surface area (Å²) in [5.41, 5.74) is 0.992. The minimum atomic E-state index is -0.492. The van der Waals surface area contributed by atoms with Gasteiger partial charge in [0.1, 0.15) is 28.7 Å². The van der Waals surface area contributed by atoms with Crippen molar-refractivity contribution in [2.24, 2.45) is 5.41 Å². The number of hydrogen-bond donors (Lipinski definition) is 0. The van der Waals surface area contributed by atoms with Crippen LogP contribution in [0.2, 0.25) is 5.15 Å². The van der Waals surface area contributed by atoms with Gasteiger partial charge in [0, 0.05) is 31.6 Å². The third-order valence-electron chi connectivity index (χ3n) is 5.64. The van der Waals surface area contributed by atoms with E-state index in [0.717, 1.165) is 25.9 Å². The number of nitrogens with zero attached hydrogens (tertiary/aromatic N) is 5. The van der Waals surface area contributed by atoms with Gasteiger partial charge in [-0.25, -0.2) is 9.78 Å².